The van der Waals surface area contributed by atoms with Crippen molar-refractivity contribution in [2.24, 2.45) is 5.92 Å². The summed E-state index contributed by atoms with van der Waals surface area (Å²) in [6.07, 6.45) is -0.169. The number of carbonyl (C=O) groups is 3. The summed E-state index contributed by atoms with van der Waals surface area (Å²) in [5, 5.41) is 0. The van der Waals surface area contributed by atoms with Gasteiger partial charge in [-0.05, 0) is 44.9 Å². The highest BCUT2D eigenvalue weighted by atomic mass is 16.6. The topological polar surface area (TPSA) is 117 Å². The highest BCUT2D eigenvalue weighted by molar-refractivity contribution is 5.92. The standard InChI is InChI=1S/C24H28O9/c1-11-6-18-21-23(4,33-21)9-14-7-15(22(27)31-14)17(29-12(2)25)8-16(24(5)10-28-24)20(19(11)32-18)30-13(3)26/h6-7,14,16-17,20-21H,8-10H2,1-5H3/t14-,16-,17-,20+,21-,23-,24+/m0/s1. The Kier molecular flexibility index (Phi) is 4.99. The molecule has 0 aromatic carbocycles. The average molecular weight is 460 g/mol. The van der Waals surface area contributed by atoms with Gasteiger partial charge in [-0.15, -0.1) is 0 Å². The minimum Gasteiger partial charge on any atom is -0.459 e. The molecule has 0 aliphatic carbocycles. The van der Waals surface area contributed by atoms with Gasteiger partial charge in [0.15, 0.2) is 6.10 Å². The fourth-order valence-corrected chi connectivity index (χ4v) is 5.12. The van der Waals surface area contributed by atoms with Crippen LogP contribution in [-0.2, 0) is 38.1 Å². The molecule has 0 radical (unpaired) electrons. The predicted octanol–water partition coefficient (Wildman–Crippen LogP) is 3.00. The van der Waals surface area contributed by atoms with Gasteiger partial charge < -0.3 is 28.1 Å². The highest BCUT2D eigenvalue weighted by Crippen LogP contribution is 2.55. The molecule has 4 aliphatic rings. The molecule has 33 heavy (non-hydrogen) atoms. The van der Waals surface area contributed by atoms with E-state index in [4.69, 9.17) is 28.1 Å². The second-order valence-corrected chi connectivity index (χ2v) is 9.85. The zero-order valence-electron chi connectivity index (χ0n) is 19.3. The lowest BCUT2D eigenvalue weighted by molar-refractivity contribution is -0.157. The minimum atomic E-state index is -0.886. The van der Waals surface area contributed by atoms with Gasteiger partial charge in [0, 0.05) is 26.2 Å². The molecule has 0 saturated carbocycles. The number of fused-ring (bicyclic) bond motifs is 5. The Labute approximate surface area is 191 Å². The molecule has 9 heteroatoms. The Bertz CT molecular complexity index is 1050. The Morgan fingerprint density at radius 3 is 2.45 bits per heavy atom. The quantitative estimate of drug-likeness (QED) is 0.381. The van der Waals surface area contributed by atoms with Crippen molar-refractivity contribution in [1.82, 2.24) is 0 Å². The van der Waals surface area contributed by atoms with E-state index in [0.29, 0.717) is 24.5 Å². The van der Waals surface area contributed by atoms with Gasteiger partial charge in [0.2, 0.25) is 0 Å². The van der Waals surface area contributed by atoms with Crippen LogP contribution in [0.3, 0.4) is 0 Å². The summed E-state index contributed by atoms with van der Waals surface area (Å²) in [6, 6.07) is 1.89. The monoisotopic (exact) mass is 460 g/mol. The molecule has 7 atom stereocenters. The first-order valence-electron chi connectivity index (χ1n) is 11.2. The summed E-state index contributed by atoms with van der Waals surface area (Å²) in [5.41, 5.74) is -0.128. The molecular formula is C24H28O9. The van der Waals surface area contributed by atoms with E-state index in [0.717, 1.165) is 5.56 Å². The molecule has 2 saturated heterocycles. The molecule has 178 valence electrons. The van der Waals surface area contributed by atoms with Crippen LogP contribution in [0.15, 0.2) is 22.1 Å². The Morgan fingerprint density at radius 1 is 1.12 bits per heavy atom. The van der Waals surface area contributed by atoms with E-state index >= 15 is 0 Å². The lowest BCUT2D eigenvalue weighted by Crippen LogP contribution is -2.36. The first kappa shape index (κ1) is 22.2. The Hall–Kier alpha value is -2.65. The van der Waals surface area contributed by atoms with E-state index in [9.17, 15) is 14.4 Å². The van der Waals surface area contributed by atoms with Gasteiger partial charge in [0.05, 0.1) is 17.8 Å². The highest BCUT2D eigenvalue weighted by Gasteiger charge is 2.59. The van der Waals surface area contributed by atoms with Crippen molar-refractivity contribution in [1.29, 1.82) is 0 Å². The number of epoxide rings is 2. The molecule has 0 spiro atoms. The fourth-order valence-electron chi connectivity index (χ4n) is 5.12. The number of furan rings is 1. The number of hydrogen-bond acceptors (Lipinski definition) is 9. The number of carbonyl (C=O) groups excluding carboxylic acids is 3. The molecular weight excluding hydrogens is 432 g/mol. The summed E-state index contributed by atoms with van der Waals surface area (Å²) in [5.74, 6) is -0.854. The number of hydrogen-bond donors (Lipinski definition) is 0. The van der Waals surface area contributed by atoms with Crippen molar-refractivity contribution in [2.75, 3.05) is 6.61 Å². The Balaban J connectivity index is 1.63. The van der Waals surface area contributed by atoms with Gasteiger partial charge in [0.25, 0.3) is 0 Å². The van der Waals surface area contributed by atoms with Crippen molar-refractivity contribution in [3.63, 3.8) is 0 Å². The molecule has 1 aromatic rings. The third-order valence-corrected chi connectivity index (χ3v) is 7.01. The predicted molar refractivity (Wildman–Crippen MR) is 111 cm³/mol. The lowest BCUT2D eigenvalue weighted by Gasteiger charge is -2.31. The van der Waals surface area contributed by atoms with Gasteiger partial charge in [-0.3, -0.25) is 9.59 Å². The number of rotatable bonds is 3. The van der Waals surface area contributed by atoms with E-state index in [-0.39, 0.29) is 18.1 Å². The van der Waals surface area contributed by atoms with Crippen molar-refractivity contribution < 1.29 is 42.5 Å². The van der Waals surface area contributed by atoms with Gasteiger partial charge >= 0.3 is 17.9 Å². The van der Waals surface area contributed by atoms with Crippen LogP contribution < -0.4 is 0 Å². The molecule has 1 aromatic heterocycles. The number of esters is 3. The molecule has 5 heterocycles. The molecule has 5 rings (SSSR count). The van der Waals surface area contributed by atoms with Gasteiger partial charge in [-0.1, -0.05) is 0 Å². The lowest BCUT2D eigenvalue weighted by atomic mass is 9.81. The molecule has 0 unspecified atom stereocenters. The summed E-state index contributed by atoms with van der Waals surface area (Å²) < 4.78 is 34.9. The zero-order chi connectivity index (χ0) is 23.7. The maximum atomic E-state index is 12.8. The van der Waals surface area contributed by atoms with Crippen LogP contribution in [0, 0.1) is 12.8 Å². The van der Waals surface area contributed by atoms with Crippen LogP contribution in [0.5, 0.6) is 0 Å². The third kappa shape index (κ3) is 3.97. The largest absolute Gasteiger partial charge is 0.459 e. The van der Waals surface area contributed by atoms with E-state index < -0.39 is 53.3 Å². The average Bonchev–Trinajstić information content (AvgIpc) is 3.50. The number of ether oxygens (including phenoxy) is 5. The van der Waals surface area contributed by atoms with Crippen LogP contribution in [0.4, 0.5) is 0 Å². The fraction of sp³-hybridized carbons (Fsp3) is 0.625. The van der Waals surface area contributed by atoms with Crippen molar-refractivity contribution >= 4 is 17.9 Å². The minimum absolute atomic E-state index is 0.189. The van der Waals surface area contributed by atoms with E-state index in [1.165, 1.54) is 13.8 Å². The zero-order valence-corrected chi connectivity index (χ0v) is 19.3. The third-order valence-electron chi connectivity index (χ3n) is 7.01. The maximum absolute atomic E-state index is 12.8. The molecule has 4 aliphatic heterocycles. The van der Waals surface area contributed by atoms with Crippen molar-refractivity contribution in [3.05, 3.63) is 34.8 Å². The molecule has 2 fully saturated rings. The SMILES string of the molecule is CC(=O)O[C@H]1C[C@H]([C@@]2(C)CO2)[C@@H](OC(C)=O)c2oc(cc2C)[C@@H]2O[C@@]2(C)C[C@@H]2C=C1C(=O)O2. The van der Waals surface area contributed by atoms with Crippen molar-refractivity contribution in [3.8, 4) is 0 Å². The maximum Gasteiger partial charge on any atom is 0.338 e. The van der Waals surface area contributed by atoms with E-state index in [1.807, 2.05) is 26.8 Å². The second kappa shape index (κ2) is 7.43. The first-order chi connectivity index (χ1) is 15.5. The smallest absolute Gasteiger partial charge is 0.338 e. The van der Waals surface area contributed by atoms with Crippen LogP contribution in [0.1, 0.15) is 69.8 Å². The van der Waals surface area contributed by atoms with Crippen LogP contribution in [-0.4, -0.2) is 47.9 Å². The summed E-state index contributed by atoms with van der Waals surface area (Å²) >= 11 is 0. The van der Waals surface area contributed by atoms with E-state index in [1.54, 1.807) is 6.08 Å². The summed E-state index contributed by atoms with van der Waals surface area (Å²) in [6.45, 7) is 8.79. The van der Waals surface area contributed by atoms with Crippen LogP contribution >= 0.6 is 0 Å². The molecule has 4 bridgehead atoms. The normalized spacial score (nSPS) is 39.1. The molecule has 0 N–H and O–H groups in total. The first-order valence-corrected chi connectivity index (χ1v) is 11.2. The Morgan fingerprint density at radius 2 is 1.82 bits per heavy atom. The number of aryl methyl sites for hydroxylation is 1. The van der Waals surface area contributed by atoms with Crippen LogP contribution in [0.2, 0.25) is 0 Å². The summed E-state index contributed by atoms with van der Waals surface area (Å²) in [7, 11) is 0. The van der Waals surface area contributed by atoms with E-state index in [2.05, 4.69) is 0 Å². The van der Waals surface area contributed by atoms with Gasteiger partial charge in [-0.2, -0.15) is 0 Å². The molecule has 9 nitrogen and oxygen atoms in total. The molecule has 0 amide bonds. The summed E-state index contributed by atoms with van der Waals surface area (Å²) in [4.78, 5) is 36.9. The van der Waals surface area contributed by atoms with Crippen molar-refractivity contribution in [2.45, 2.75) is 83.1 Å². The van der Waals surface area contributed by atoms with Crippen LogP contribution in [0.25, 0.3) is 0 Å². The second-order valence-electron chi connectivity index (χ2n) is 9.85. The van der Waals surface area contributed by atoms with Gasteiger partial charge in [0.1, 0.15) is 35.4 Å². The van der Waals surface area contributed by atoms with Gasteiger partial charge in [-0.25, -0.2) is 4.79 Å².